The van der Waals surface area contributed by atoms with E-state index in [1.54, 1.807) is 4.57 Å². The number of anilines is 3. The molecule has 2 aliphatic carbocycles. The lowest BCUT2D eigenvalue weighted by molar-refractivity contribution is -0.122. The van der Waals surface area contributed by atoms with Crippen molar-refractivity contribution in [3.05, 3.63) is 35.8 Å². The number of aliphatic hydroxyl groups is 1. The largest absolute Gasteiger partial charge is 0.393 e. The molecule has 2 aromatic heterocycles. The van der Waals surface area contributed by atoms with Gasteiger partial charge in [-0.3, -0.25) is 9.36 Å². The maximum atomic E-state index is 14.5. The second-order valence-corrected chi connectivity index (χ2v) is 9.98. The molecule has 0 aliphatic heterocycles. The Kier molecular flexibility index (Phi) is 7.18. The first-order valence-corrected chi connectivity index (χ1v) is 12.7. The van der Waals surface area contributed by atoms with Crippen LogP contribution >= 0.6 is 0 Å². The predicted molar refractivity (Wildman–Crippen MR) is 132 cm³/mol. The third-order valence-corrected chi connectivity index (χ3v) is 7.53. The number of fused-ring (bicyclic) bond motifs is 1. The normalized spacial score (nSPS) is 24.2. The molecule has 1 unspecified atom stereocenters. The summed E-state index contributed by atoms with van der Waals surface area (Å²) in [5.74, 6) is -3.20. The predicted octanol–water partition coefficient (Wildman–Crippen LogP) is 4.17. The van der Waals surface area contributed by atoms with Crippen LogP contribution < -0.4 is 16.4 Å². The molecular formula is C25H30F3N7O2. The molecule has 0 spiro atoms. The van der Waals surface area contributed by atoms with Gasteiger partial charge in [-0.2, -0.15) is 4.98 Å². The van der Waals surface area contributed by atoms with Gasteiger partial charge in [-0.25, -0.2) is 23.1 Å². The molecular weight excluding hydrogens is 487 g/mol. The van der Waals surface area contributed by atoms with Gasteiger partial charge in [0.25, 0.3) is 0 Å². The molecule has 5 rings (SSSR count). The fourth-order valence-corrected chi connectivity index (χ4v) is 5.45. The van der Waals surface area contributed by atoms with E-state index >= 15 is 0 Å². The minimum absolute atomic E-state index is 0.101. The molecule has 0 radical (unpaired) electrons. The number of amides is 1. The van der Waals surface area contributed by atoms with E-state index in [0.717, 1.165) is 25.7 Å². The van der Waals surface area contributed by atoms with Crippen molar-refractivity contribution >= 4 is 34.7 Å². The summed E-state index contributed by atoms with van der Waals surface area (Å²) in [5.41, 5.74) is 5.83. The number of benzene rings is 1. The van der Waals surface area contributed by atoms with Crippen LogP contribution in [0.4, 0.5) is 30.8 Å². The number of hydrogen-bond acceptors (Lipinski definition) is 7. The monoisotopic (exact) mass is 517 g/mol. The number of primary amides is 1. The number of nitrogens with two attached hydrogens (primary N) is 1. The highest BCUT2D eigenvalue weighted by Gasteiger charge is 2.30. The van der Waals surface area contributed by atoms with Crippen LogP contribution in [-0.4, -0.2) is 43.2 Å². The second kappa shape index (κ2) is 10.5. The van der Waals surface area contributed by atoms with Gasteiger partial charge in [0, 0.05) is 36.6 Å². The highest BCUT2D eigenvalue weighted by Crippen LogP contribution is 2.37. The Hall–Kier alpha value is -3.41. The minimum Gasteiger partial charge on any atom is -0.393 e. The molecule has 2 aliphatic rings. The lowest BCUT2D eigenvalue weighted by Crippen LogP contribution is -2.30. The average molecular weight is 518 g/mol. The number of hydrogen-bond donors (Lipinski definition) is 4. The van der Waals surface area contributed by atoms with Crippen molar-refractivity contribution in [2.45, 2.75) is 63.5 Å². The molecule has 0 saturated heterocycles. The molecule has 198 valence electrons. The molecule has 0 bridgehead atoms. The van der Waals surface area contributed by atoms with Gasteiger partial charge in [0.2, 0.25) is 17.8 Å². The lowest BCUT2D eigenvalue weighted by Gasteiger charge is -2.29. The van der Waals surface area contributed by atoms with Crippen molar-refractivity contribution in [2.24, 2.45) is 17.6 Å². The van der Waals surface area contributed by atoms with E-state index in [2.05, 4.69) is 25.6 Å². The quantitative estimate of drug-likeness (QED) is 0.370. The van der Waals surface area contributed by atoms with E-state index in [-0.39, 0.29) is 35.8 Å². The summed E-state index contributed by atoms with van der Waals surface area (Å²) >= 11 is 0. The van der Waals surface area contributed by atoms with E-state index in [9.17, 15) is 23.1 Å². The van der Waals surface area contributed by atoms with Crippen LogP contribution in [0.25, 0.3) is 11.2 Å². The van der Waals surface area contributed by atoms with Crippen LogP contribution in [0.3, 0.4) is 0 Å². The van der Waals surface area contributed by atoms with Gasteiger partial charge in [0.1, 0.15) is 17.0 Å². The fourth-order valence-electron chi connectivity index (χ4n) is 5.45. The molecule has 12 heteroatoms. The van der Waals surface area contributed by atoms with Crippen molar-refractivity contribution < 1.29 is 23.1 Å². The SMILES string of the molecule is NC(=O)C1CCC(n2c(Nc3c(F)cc(F)cc3F)nc3cnc(NCC4CCCC[C@@H]4O)nc32)CC1. The molecule has 2 heterocycles. The van der Waals surface area contributed by atoms with E-state index in [1.807, 2.05) is 0 Å². The Morgan fingerprint density at radius 3 is 2.43 bits per heavy atom. The Morgan fingerprint density at radius 1 is 1.05 bits per heavy atom. The van der Waals surface area contributed by atoms with E-state index < -0.39 is 23.1 Å². The number of carbonyl (C=O) groups excluding carboxylic acids is 1. The van der Waals surface area contributed by atoms with Crippen molar-refractivity contribution in [3.63, 3.8) is 0 Å². The zero-order valence-corrected chi connectivity index (χ0v) is 20.3. The minimum atomic E-state index is -1.09. The number of halogens is 3. The molecule has 5 N–H and O–H groups in total. The summed E-state index contributed by atoms with van der Waals surface area (Å²) in [5, 5.41) is 16.2. The van der Waals surface area contributed by atoms with Crippen molar-refractivity contribution in [2.75, 3.05) is 17.2 Å². The Morgan fingerprint density at radius 2 is 1.76 bits per heavy atom. The lowest BCUT2D eigenvalue weighted by atomic mass is 9.85. The van der Waals surface area contributed by atoms with Crippen LogP contribution in [-0.2, 0) is 4.79 Å². The first kappa shape index (κ1) is 25.2. The molecule has 1 amide bonds. The third-order valence-electron chi connectivity index (χ3n) is 7.53. The van der Waals surface area contributed by atoms with Gasteiger partial charge < -0.3 is 21.5 Å². The van der Waals surface area contributed by atoms with Gasteiger partial charge in [0.15, 0.2) is 17.3 Å². The first-order chi connectivity index (χ1) is 17.8. The van der Waals surface area contributed by atoms with Crippen molar-refractivity contribution in [3.8, 4) is 0 Å². The van der Waals surface area contributed by atoms with Gasteiger partial charge >= 0.3 is 0 Å². The molecule has 1 aromatic carbocycles. The summed E-state index contributed by atoms with van der Waals surface area (Å²) in [6.45, 7) is 0.516. The van der Waals surface area contributed by atoms with Gasteiger partial charge in [0.05, 0.1) is 12.3 Å². The molecule has 37 heavy (non-hydrogen) atoms. The summed E-state index contributed by atoms with van der Waals surface area (Å²) in [6.07, 6.45) is 7.23. The summed E-state index contributed by atoms with van der Waals surface area (Å²) in [7, 11) is 0. The third kappa shape index (κ3) is 5.34. The number of nitrogens with one attached hydrogen (secondary N) is 2. The molecule has 9 nitrogen and oxygen atoms in total. The average Bonchev–Trinajstić information content (AvgIpc) is 3.23. The Bertz CT molecular complexity index is 1270. The van der Waals surface area contributed by atoms with Crippen LogP contribution in [0.5, 0.6) is 0 Å². The summed E-state index contributed by atoms with van der Waals surface area (Å²) in [6, 6.07) is 1.02. The van der Waals surface area contributed by atoms with E-state index in [0.29, 0.717) is 61.5 Å². The van der Waals surface area contributed by atoms with Gasteiger partial charge in [-0.05, 0) is 38.5 Å². The number of rotatable bonds is 7. The molecule has 2 fully saturated rings. The van der Waals surface area contributed by atoms with Crippen LogP contribution in [0.1, 0.15) is 57.4 Å². The molecule has 3 aromatic rings. The number of nitrogens with zero attached hydrogens (tertiary/aromatic N) is 4. The maximum absolute atomic E-state index is 14.5. The Balaban J connectivity index is 1.48. The van der Waals surface area contributed by atoms with Crippen LogP contribution in [0.15, 0.2) is 18.3 Å². The van der Waals surface area contributed by atoms with E-state index in [4.69, 9.17) is 5.73 Å². The number of aliphatic hydroxyl groups excluding tert-OH is 1. The molecule has 2 atom stereocenters. The maximum Gasteiger partial charge on any atom is 0.224 e. The zero-order valence-electron chi connectivity index (χ0n) is 20.3. The topological polar surface area (TPSA) is 131 Å². The molecule has 2 saturated carbocycles. The highest BCUT2D eigenvalue weighted by atomic mass is 19.1. The Labute approximate surface area is 211 Å². The number of imidazole rings is 1. The van der Waals surface area contributed by atoms with Gasteiger partial charge in [-0.1, -0.05) is 12.8 Å². The van der Waals surface area contributed by atoms with Crippen molar-refractivity contribution in [1.29, 1.82) is 0 Å². The van der Waals surface area contributed by atoms with Crippen LogP contribution in [0.2, 0.25) is 0 Å². The standard InChI is InChI=1S/C25H30F3N7O2/c26-15-9-17(27)21(18(28)10-15)33-25-32-19-12-31-24(30-11-14-3-1-2-4-20(14)36)34-23(19)35(25)16-7-5-13(6-8-16)22(29)37/h9-10,12-14,16,20,36H,1-8,11H2,(H2,29,37)(H,32,33)(H,30,31,34)/t13?,14?,16?,20-/m0/s1. The second-order valence-electron chi connectivity index (χ2n) is 9.98. The van der Waals surface area contributed by atoms with Gasteiger partial charge in [-0.15, -0.1) is 0 Å². The first-order valence-electron chi connectivity index (χ1n) is 12.7. The van der Waals surface area contributed by atoms with Crippen LogP contribution in [0, 0.1) is 29.3 Å². The zero-order chi connectivity index (χ0) is 26.1. The van der Waals surface area contributed by atoms with E-state index in [1.165, 1.54) is 6.20 Å². The summed E-state index contributed by atoms with van der Waals surface area (Å²) < 4.78 is 44.1. The van der Waals surface area contributed by atoms with Crippen molar-refractivity contribution in [1.82, 2.24) is 19.5 Å². The summed E-state index contributed by atoms with van der Waals surface area (Å²) in [4.78, 5) is 25.1. The fraction of sp³-hybridized carbons (Fsp3) is 0.520. The number of carbonyl (C=O) groups is 1. The smallest absolute Gasteiger partial charge is 0.224 e. The highest BCUT2D eigenvalue weighted by molar-refractivity contribution is 5.78. The number of aromatic nitrogens is 4.